The Kier molecular flexibility index (Phi) is 6.59. The SMILES string of the molecule is O=C(NC(NC(=O)c1ccc(Br)cc1)c1ccccc1F)c1ccc(Br)cc1. The topological polar surface area (TPSA) is 58.2 Å². The quantitative estimate of drug-likeness (QED) is 0.467. The highest BCUT2D eigenvalue weighted by Crippen LogP contribution is 2.18. The molecule has 0 unspecified atom stereocenters. The van der Waals surface area contributed by atoms with Crippen molar-refractivity contribution in [3.05, 3.63) is 104 Å². The first kappa shape index (κ1) is 20.2. The lowest BCUT2D eigenvalue weighted by Crippen LogP contribution is -2.41. The van der Waals surface area contributed by atoms with Crippen LogP contribution >= 0.6 is 31.9 Å². The van der Waals surface area contributed by atoms with Crippen molar-refractivity contribution in [1.82, 2.24) is 10.6 Å². The summed E-state index contributed by atoms with van der Waals surface area (Å²) in [4.78, 5) is 25.2. The molecule has 0 heterocycles. The highest BCUT2D eigenvalue weighted by Gasteiger charge is 2.21. The summed E-state index contributed by atoms with van der Waals surface area (Å²) < 4.78 is 16.0. The lowest BCUT2D eigenvalue weighted by molar-refractivity contribution is 0.0882. The molecule has 0 spiro atoms. The van der Waals surface area contributed by atoms with E-state index in [2.05, 4.69) is 42.5 Å². The van der Waals surface area contributed by atoms with Crippen LogP contribution in [0.25, 0.3) is 0 Å². The Hall–Kier alpha value is -2.51. The second kappa shape index (κ2) is 9.12. The van der Waals surface area contributed by atoms with Crippen LogP contribution in [0, 0.1) is 5.82 Å². The zero-order chi connectivity index (χ0) is 20.1. The van der Waals surface area contributed by atoms with Gasteiger partial charge in [-0.15, -0.1) is 0 Å². The van der Waals surface area contributed by atoms with Gasteiger partial charge in [0.15, 0.2) is 0 Å². The van der Waals surface area contributed by atoms with Crippen molar-refractivity contribution in [3.63, 3.8) is 0 Å². The van der Waals surface area contributed by atoms with E-state index in [1.807, 2.05) is 0 Å². The highest BCUT2D eigenvalue weighted by molar-refractivity contribution is 9.10. The van der Waals surface area contributed by atoms with Gasteiger partial charge in [0.2, 0.25) is 0 Å². The fourth-order valence-corrected chi connectivity index (χ4v) is 3.06. The minimum atomic E-state index is -1.03. The van der Waals surface area contributed by atoms with Crippen LogP contribution in [-0.2, 0) is 0 Å². The van der Waals surface area contributed by atoms with Crippen LogP contribution in [0.5, 0.6) is 0 Å². The van der Waals surface area contributed by atoms with Crippen LogP contribution in [0.4, 0.5) is 4.39 Å². The second-order valence-corrected chi connectivity index (χ2v) is 7.75. The Bertz CT molecular complexity index is 933. The van der Waals surface area contributed by atoms with Gasteiger partial charge in [-0.25, -0.2) is 4.39 Å². The number of carbonyl (C=O) groups excluding carboxylic acids is 2. The molecule has 0 saturated heterocycles. The molecule has 3 aromatic rings. The predicted molar refractivity (Wildman–Crippen MR) is 112 cm³/mol. The van der Waals surface area contributed by atoms with Crippen LogP contribution in [0.2, 0.25) is 0 Å². The second-order valence-electron chi connectivity index (χ2n) is 5.92. The van der Waals surface area contributed by atoms with Gasteiger partial charge in [0, 0.05) is 25.6 Å². The molecule has 0 radical (unpaired) electrons. The molecule has 2 amide bonds. The first-order valence-electron chi connectivity index (χ1n) is 8.31. The minimum absolute atomic E-state index is 0.165. The standard InChI is InChI=1S/C21H15Br2FN2O2/c22-15-9-5-13(6-10-15)20(27)25-19(17-3-1-2-4-18(17)24)26-21(28)14-7-11-16(23)12-8-14/h1-12,19H,(H,25,27)(H,26,28). The number of nitrogens with one attached hydrogen (secondary N) is 2. The maximum atomic E-state index is 14.3. The summed E-state index contributed by atoms with van der Waals surface area (Å²) in [5.41, 5.74) is 0.947. The van der Waals surface area contributed by atoms with Gasteiger partial charge >= 0.3 is 0 Å². The van der Waals surface area contributed by atoms with Gasteiger partial charge in [-0.3, -0.25) is 9.59 Å². The molecule has 2 N–H and O–H groups in total. The molecular weight excluding hydrogens is 491 g/mol. The first-order chi connectivity index (χ1) is 13.4. The predicted octanol–water partition coefficient (Wildman–Crippen LogP) is 5.21. The maximum Gasteiger partial charge on any atom is 0.253 e. The summed E-state index contributed by atoms with van der Waals surface area (Å²) in [5.74, 6) is -1.39. The molecule has 0 aliphatic carbocycles. The van der Waals surface area contributed by atoms with Gasteiger partial charge in [0.1, 0.15) is 12.0 Å². The van der Waals surface area contributed by atoms with E-state index in [9.17, 15) is 14.0 Å². The molecule has 0 saturated carbocycles. The van der Waals surface area contributed by atoms with Crippen molar-refractivity contribution >= 4 is 43.7 Å². The summed E-state index contributed by atoms with van der Waals surface area (Å²) in [5, 5.41) is 5.37. The summed E-state index contributed by atoms with van der Waals surface area (Å²) in [7, 11) is 0. The van der Waals surface area contributed by atoms with E-state index in [0.29, 0.717) is 11.1 Å². The molecule has 0 aliphatic heterocycles. The summed E-state index contributed by atoms with van der Waals surface area (Å²) in [6, 6.07) is 19.4. The Labute approximate surface area is 178 Å². The fraction of sp³-hybridized carbons (Fsp3) is 0.0476. The van der Waals surface area contributed by atoms with Crippen molar-refractivity contribution in [2.45, 2.75) is 6.17 Å². The summed E-state index contributed by atoms with van der Waals surface area (Å²) in [6.45, 7) is 0. The van der Waals surface area contributed by atoms with E-state index in [1.165, 1.54) is 12.1 Å². The van der Waals surface area contributed by atoms with Crippen LogP contribution in [-0.4, -0.2) is 11.8 Å². The minimum Gasteiger partial charge on any atom is -0.328 e. The monoisotopic (exact) mass is 504 g/mol. The Morgan fingerprint density at radius 3 is 1.57 bits per heavy atom. The highest BCUT2D eigenvalue weighted by atomic mass is 79.9. The van der Waals surface area contributed by atoms with E-state index in [-0.39, 0.29) is 5.56 Å². The van der Waals surface area contributed by atoms with Gasteiger partial charge in [0.25, 0.3) is 11.8 Å². The Morgan fingerprint density at radius 2 is 1.14 bits per heavy atom. The largest absolute Gasteiger partial charge is 0.328 e. The average molecular weight is 506 g/mol. The summed E-state index contributed by atoms with van der Waals surface area (Å²) in [6.07, 6.45) is -1.03. The number of rotatable bonds is 5. The van der Waals surface area contributed by atoms with Gasteiger partial charge in [-0.05, 0) is 54.6 Å². The van der Waals surface area contributed by atoms with Gasteiger partial charge < -0.3 is 10.6 Å². The first-order valence-corrected chi connectivity index (χ1v) is 9.90. The zero-order valence-corrected chi connectivity index (χ0v) is 17.6. The van der Waals surface area contributed by atoms with E-state index >= 15 is 0 Å². The Morgan fingerprint density at radius 1 is 0.714 bits per heavy atom. The fourth-order valence-electron chi connectivity index (χ4n) is 2.53. The van der Waals surface area contributed by atoms with Crippen molar-refractivity contribution in [3.8, 4) is 0 Å². The van der Waals surface area contributed by atoms with Crippen LogP contribution in [0.1, 0.15) is 32.4 Å². The van der Waals surface area contributed by atoms with E-state index < -0.39 is 23.8 Å². The van der Waals surface area contributed by atoms with Gasteiger partial charge in [-0.1, -0.05) is 50.1 Å². The van der Waals surface area contributed by atoms with E-state index in [0.717, 1.165) is 8.95 Å². The normalized spacial score (nSPS) is 10.6. The van der Waals surface area contributed by atoms with E-state index in [1.54, 1.807) is 60.7 Å². The molecule has 3 aromatic carbocycles. The lowest BCUT2D eigenvalue weighted by Gasteiger charge is -2.21. The third kappa shape index (κ3) is 5.05. The van der Waals surface area contributed by atoms with Crippen molar-refractivity contribution in [2.24, 2.45) is 0 Å². The van der Waals surface area contributed by atoms with Crippen molar-refractivity contribution in [2.75, 3.05) is 0 Å². The number of carbonyl (C=O) groups is 2. The van der Waals surface area contributed by atoms with Crippen molar-refractivity contribution in [1.29, 1.82) is 0 Å². The molecule has 0 fully saturated rings. The van der Waals surface area contributed by atoms with Crippen LogP contribution in [0.3, 0.4) is 0 Å². The third-order valence-electron chi connectivity index (χ3n) is 3.98. The number of amides is 2. The molecule has 0 bridgehead atoms. The van der Waals surface area contributed by atoms with Crippen LogP contribution < -0.4 is 10.6 Å². The zero-order valence-electron chi connectivity index (χ0n) is 14.5. The summed E-state index contributed by atoms with van der Waals surface area (Å²) >= 11 is 6.63. The van der Waals surface area contributed by atoms with E-state index in [4.69, 9.17) is 0 Å². The lowest BCUT2D eigenvalue weighted by atomic mass is 10.1. The van der Waals surface area contributed by atoms with Crippen molar-refractivity contribution < 1.29 is 14.0 Å². The third-order valence-corrected chi connectivity index (χ3v) is 5.04. The molecule has 28 heavy (non-hydrogen) atoms. The van der Waals surface area contributed by atoms with Gasteiger partial charge in [-0.2, -0.15) is 0 Å². The van der Waals surface area contributed by atoms with Crippen LogP contribution in [0.15, 0.2) is 81.7 Å². The smallest absolute Gasteiger partial charge is 0.253 e. The molecule has 142 valence electrons. The average Bonchev–Trinajstić information content (AvgIpc) is 2.69. The molecule has 0 aromatic heterocycles. The molecule has 0 aliphatic rings. The number of hydrogen-bond donors (Lipinski definition) is 2. The maximum absolute atomic E-state index is 14.3. The molecule has 0 atom stereocenters. The molecule has 3 rings (SSSR count). The molecule has 4 nitrogen and oxygen atoms in total. The Balaban J connectivity index is 1.86. The molecule has 7 heteroatoms. The number of halogens is 3. The molecular formula is C21H15Br2FN2O2. The number of benzene rings is 3. The van der Waals surface area contributed by atoms with Gasteiger partial charge in [0.05, 0.1) is 0 Å². The number of hydrogen-bond acceptors (Lipinski definition) is 2.